The molecule has 118 valence electrons. The second-order valence-electron chi connectivity index (χ2n) is 5.80. The minimum Gasteiger partial charge on any atom is -0.496 e. The summed E-state index contributed by atoms with van der Waals surface area (Å²) in [5.74, 6) is 1.26. The van der Waals surface area contributed by atoms with Gasteiger partial charge in [0.15, 0.2) is 0 Å². The lowest BCUT2D eigenvalue weighted by molar-refractivity contribution is -0.0398. The molecule has 0 heterocycles. The minimum atomic E-state index is -0.432. The molecule has 1 aliphatic rings. The predicted octanol–water partition coefficient (Wildman–Crippen LogP) is 2.30. The highest BCUT2D eigenvalue weighted by molar-refractivity contribution is 5.37. The van der Waals surface area contributed by atoms with Crippen molar-refractivity contribution in [2.45, 2.75) is 44.3 Å². The van der Waals surface area contributed by atoms with Gasteiger partial charge in [-0.2, -0.15) is 0 Å². The molecule has 2 rings (SSSR count). The van der Waals surface area contributed by atoms with Gasteiger partial charge in [0.05, 0.1) is 19.3 Å². The summed E-state index contributed by atoms with van der Waals surface area (Å²) < 4.78 is 11.0. The Bertz CT molecular complexity index is 432. The van der Waals surface area contributed by atoms with Crippen LogP contribution in [0.5, 0.6) is 5.75 Å². The van der Waals surface area contributed by atoms with Crippen LogP contribution in [0, 0.1) is 5.92 Å². The molecule has 0 radical (unpaired) electrons. The summed E-state index contributed by atoms with van der Waals surface area (Å²) in [4.78, 5) is 0. The molecular formula is C17H27NO3. The second kappa shape index (κ2) is 7.78. The van der Waals surface area contributed by atoms with E-state index in [2.05, 4.69) is 0 Å². The number of aliphatic hydroxyl groups is 1. The van der Waals surface area contributed by atoms with E-state index in [1.807, 2.05) is 31.2 Å². The Morgan fingerprint density at radius 2 is 2.05 bits per heavy atom. The first-order valence-corrected chi connectivity index (χ1v) is 7.82. The minimum absolute atomic E-state index is 0.0766. The Balaban J connectivity index is 1.94. The summed E-state index contributed by atoms with van der Waals surface area (Å²) in [5, 5.41) is 10.6. The lowest BCUT2D eigenvalue weighted by Gasteiger charge is -2.37. The van der Waals surface area contributed by atoms with Gasteiger partial charge in [-0.3, -0.25) is 0 Å². The maximum atomic E-state index is 10.6. The third-order valence-corrected chi connectivity index (χ3v) is 4.43. The zero-order valence-corrected chi connectivity index (χ0v) is 13.0. The van der Waals surface area contributed by atoms with Crippen LogP contribution in [0.15, 0.2) is 24.3 Å². The summed E-state index contributed by atoms with van der Waals surface area (Å²) in [6, 6.07) is 7.80. The molecule has 1 saturated carbocycles. The molecule has 1 fully saturated rings. The van der Waals surface area contributed by atoms with E-state index >= 15 is 0 Å². The Morgan fingerprint density at radius 1 is 1.33 bits per heavy atom. The molecule has 0 bridgehead atoms. The highest BCUT2D eigenvalue weighted by Crippen LogP contribution is 2.37. The smallest absolute Gasteiger partial charge is 0.122 e. The van der Waals surface area contributed by atoms with E-state index in [1.54, 1.807) is 7.11 Å². The molecule has 2 unspecified atom stereocenters. The van der Waals surface area contributed by atoms with E-state index in [1.165, 1.54) is 0 Å². The van der Waals surface area contributed by atoms with Crippen LogP contribution in [0.3, 0.4) is 0 Å². The lowest BCUT2D eigenvalue weighted by Crippen LogP contribution is -2.36. The molecule has 1 aliphatic carbocycles. The Labute approximate surface area is 127 Å². The molecule has 0 saturated heterocycles. The normalized spacial score (nSPS) is 24.2. The van der Waals surface area contributed by atoms with Gasteiger partial charge in [0.1, 0.15) is 5.75 Å². The molecule has 3 N–H and O–H groups in total. The van der Waals surface area contributed by atoms with Crippen molar-refractivity contribution in [3.05, 3.63) is 29.8 Å². The highest BCUT2D eigenvalue weighted by Gasteiger charge is 2.33. The van der Waals surface area contributed by atoms with E-state index in [9.17, 15) is 5.11 Å². The standard InChI is InChI=1S/C17H27NO3/c1-3-21-13-8-12(9-13)10-16(19)15(11-18)14-6-4-5-7-17(14)20-2/h4-7,12-13,15-16,19H,3,8-11,18H2,1-2H3. The van der Waals surface area contributed by atoms with Crippen molar-refractivity contribution in [1.82, 2.24) is 0 Å². The number of benzene rings is 1. The molecular weight excluding hydrogens is 266 g/mol. The maximum absolute atomic E-state index is 10.6. The average Bonchev–Trinajstić information content (AvgIpc) is 2.46. The number of para-hydroxylation sites is 1. The Kier molecular flexibility index (Phi) is 6.03. The second-order valence-corrected chi connectivity index (χ2v) is 5.80. The number of methoxy groups -OCH3 is 1. The Morgan fingerprint density at radius 3 is 2.67 bits per heavy atom. The molecule has 4 nitrogen and oxygen atoms in total. The van der Waals surface area contributed by atoms with Crippen LogP contribution >= 0.6 is 0 Å². The summed E-state index contributed by atoms with van der Waals surface area (Å²) in [7, 11) is 1.65. The first-order valence-electron chi connectivity index (χ1n) is 7.82. The van der Waals surface area contributed by atoms with Crippen molar-refractivity contribution in [2.75, 3.05) is 20.3 Å². The van der Waals surface area contributed by atoms with Gasteiger partial charge < -0.3 is 20.3 Å². The quantitative estimate of drug-likeness (QED) is 0.772. The molecule has 1 aromatic rings. The molecule has 0 spiro atoms. The summed E-state index contributed by atoms with van der Waals surface area (Å²) in [6.45, 7) is 3.21. The first kappa shape index (κ1) is 16.3. The fourth-order valence-electron chi connectivity index (χ4n) is 3.21. The number of rotatable bonds is 8. The van der Waals surface area contributed by atoms with Crippen LogP contribution < -0.4 is 10.5 Å². The van der Waals surface area contributed by atoms with Crippen LogP contribution in [0.25, 0.3) is 0 Å². The average molecular weight is 293 g/mol. The zero-order chi connectivity index (χ0) is 15.2. The van der Waals surface area contributed by atoms with E-state index in [0.29, 0.717) is 18.6 Å². The van der Waals surface area contributed by atoms with E-state index < -0.39 is 6.10 Å². The van der Waals surface area contributed by atoms with Gasteiger partial charge >= 0.3 is 0 Å². The number of hydrogen-bond acceptors (Lipinski definition) is 4. The van der Waals surface area contributed by atoms with Crippen molar-refractivity contribution in [3.63, 3.8) is 0 Å². The van der Waals surface area contributed by atoms with Gasteiger partial charge in [-0.1, -0.05) is 18.2 Å². The monoisotopic (exact) mass is 293 g/mol. The van der Waals surface area contributed by atoms with Gasteiger partial charge in [-0.05, 0) is 38.2 Å². The van der Waals surface area contributed by atoms with Gasteiger partial charge in [0.2, 0.25) is 0 Å². The number of hydrogen-bond donors (Lipinski definition) is 2. The van der Waals surface area contributed by atoms with Gasteiger partial charge in [-0.25, -0.2) is 0 Å². The Hall–Kier alpha value is -1.10. The van der Waals surface area contributed by atoms with Crippen LogP contribution in [0.2, 0.25) is 0 Å². The number of ether oxygens (including phenoxy) is 2. The molecule has 1 aromatic carbocycles. The lowest BCUT2D eigenvalue weighted by atomic mass is 9.76. The number of aliphatic hydroxyl groups excluding tert-OH is 1. The topological polar surface area (TPSA) is 64.7 Å². The van der Waals surface area contributed by atoms with E-state index in [4.69, 9.17) is 15.2 Å². The fourth-order valence-corrected chi connectivity index (χ4v) is 3.21. The third-order valence-electron chi connectivity index (χ3n) is 4.43. The largest absolute Gasteiger partial charge is 0.496 e. The maximum Gasteiger partial charge on any atom is 0.122 e. The van der Waals surface area contributed by atoms with Crippen LogP contribution in [-0.4, -0.2) is 37.6 Å². The van der Waals surface area contributed by atoms with Gasteiger partial charge in [0.25, 0.3) is 0 Å². The highest BCUT2D eigenvalue weighted by atomic mass is 16.5. The molecule has 21 heavy (non-hydrogen) atoms. The molecule has 0 aliphatic heterocycles. The molecule has 0 aromatic heterocycles. The van der Waals surface area contributed by atoms with Gasteiger partial charge in [-0.15, -0.1) is 0 Å². The van der Waals surface area contributed by atoms with E-state index in [0.717, 1.165) is 37.2 Å². The first-order chi connectivity index (χ1) is 10.2. The number of nitrogens with two attached hydrogens (primary N) is 1. The fraction of sp³-hybridized carbons (Fsp3) is 0.647. The van der Waals surface area contributed by atoms with Crippen molar-refractivity contribution in [2.24, 2.45) is 11.7 Å². The molecule has 0 amide bonds. The van der Waals surface area contributed by atoms with Crippen LogP contribution in [0.4, 0.5) is 0 Å². The van der Waals surface area contributed by atoms with E-state index in [-0.39, 0.29) is 5.92 Å². The van der Waals surface area contributed by atoms with Crippen LogP contribution in [0.1, 0.15) is 37.7 Å². The predicted molar refractivity (Wildman–Crippen MR) is 83.6 cm³/mol. The molecule has 2 atom stereocenters. The van der Waals surface area contributed by atoms with Crippen molar-refractivity contribution in [3.8, 4) is 5.75 Å². The van der Waals surface area contributed by atoms with Gasteiger partial charge in [0, 0.05) is 24.6 Å². The molecule has 4 heteroatoms. The SMILES string of the molecule is CCOC1CC(CC(O)C(CN)c2ccccc2OC)C1. The zero-order valence-electron chi connectivity index (χ0n) is 13.0. The van der Waals surface area contributed by atoms with Crippen molar-refractivity contribution < 1.29 is 14.6 Å². The third kappa shape index (κ3) is 3.96. The van der Waals surface area contributed by atoms with Crippen molar-refractivity contribution in [1.29, 1.82) is 0 Å². The van der Waals surface area contributed by atoms with Crippen LogP contribution in [-0.2, 0) is 4.74 Å². The summed E-state index contributed by atoms with van der Waals surface area (Å²) >= 11 is 0. The summed E-state index contributed by atoms with van der Waals surface area (Å²) in [6.07, 6.45) is 2.83. The summed E-state index contributed by atoms with van der Waals surface area (Å²) in [5.41, 5.74) is 6.90. The van der Waals surface area contributed by atoms with Crippen molar-refractivity contribution >= 4 is 0 Å².